The summed E-state index contributed by atoms with van der Waals surface area (Å²) in [5.41, 5.74) is -0.643. The summed E-state index contributed by atoms with van der Waals surface area (Å²) in [4.78, 5) is 0. The van der Waals surface area contributed by atoms with E-state index in [-0.39, 0.29) is 5.75 Å². The molecule has 0 aliphatic heterocycles. The van der Waals surface area contributed by atoms with Gasteiger partial charge in [-0.15, -0.1) is 0 Å². The lowest BCUT2D eigenvalue weighted by Crippen LogP contribution is -2.21. The summed E-state index contributed by atoms with van der Waals surface area (Å²) < 4.78 is 49.5. The van der Waals surface area contributed by atoms with Gasteiger partial charge < -0.3 is 5.11 Å². The minimum absolute atomic E-state index is 0.0755. The van der Waals surface area contributed by atoms with Gasteiger partial charge in [-0.05, 0) is 35.0 Å². The molecule has 0 fully saturated rings. The molecule has 0 bridgehead atoms. The van der Waals surface area contributed by atoms with E-state index in [0.29, 0.717) is 10.8 Å². The summed E-state index contributed by atoms with van der Waals surface area (Å²) in [6.07, 6.45) is -4.69. The second-order valence-electron chi connectivity index (χ2n) is 3.49. The Morgan fingerprint density at radius 2 is 1.71 bits per heavy atom. The second-order valence-corrected chi connectivity index (χ2v) is 3.49. The van der Waals surface area contributed by atoms with Crippen molar-refractivity contribution in [2.45, 2.75) is 6.30 Å². The van der Waals surface area contributed by atoms with Crippen LogP contribution in [0.5, 0.6) is 5.75 Å². The van der Waals surface area contributed by atoms with Crippen LogP contribution < -0.4 is 5.32 Å². The van der Waals surface area contributed by atoms with Crippen LogP contribution in [0.25, 0.3) is 10.8 Å². The molecule has 2 aromatic rings. The van der Waals surface area contributed by atoms with Gasteiger partial charge in [-0.1, -0.05) is 6.07 Å². The lowest BCUT2D eigenvalue weighted by molar-refractivity contribution is -0.100. The van der Waals surface area contributed by atoms with Crippen LogP contribution in [-0.4, -0.2) is 11.4 Å². The van der Waals surface area contributed by atoms with E-state index in [9.17, 15) is 17.6 Å². The third-order valence-electron chi connectivity index (χ3n) is 2.19. The third kappa shape index (κ3) is 2.58. The Morgan fingerprint density at radius 3 is 2.35 bits per heavy atom. The van der Waals surface area contributed by atoms with Crippen molar-refractivity contribution in [2.24, 2.45) is 0 Å². The average Bonchev–Trinajstić information content (AvgIpc) is 2.17. The molecule has 6 heteroatoms. The van der Waals surface area contributed by atoms with E-state index in [2.05, 4.69) is 0 Å². The zero-order valence-corrected chi connectivity index (χ0v) is 8.35. The fourth-order valence-electron chi connectivity index (χ4n) is 1.51. The highest BCUT2D eigenvalue weighted by atomic mass is 19.4. The van der Waals surface area contributed by atoms with Crippen LogP contribution in [0.1, 0.15) is 0 Å². The van der Waals surface area contributed by atoms with Gasteiger partial charge in [0, 0.05) is 0 Å². The van der Waals surface area contributed by atoms with Gasteiger partial charge in [0.05, 0.1) is 5.69 Å². The first-order chi connectivity index (χ1) is 7.85. The van der Waals surface area contributed by atoms with Gasteiger partial charge in [0.1, 0.15) is 11.6 Å². The third-order valence-corrected chi connectivity index (χ3v) is 2.19. The van der Waals surface area contributed by atoms with E-state index in [0.717, 1.165) is 17.4 Å². The Morgan fingerprint density at radius 1 is 1.00 bits per heavy atom. The summed E-state index contributed by atoms with van der Waals surface area (Å²) in [6.45, 7) is 0. The molecule has 0 aromatic heterocycles. The van der Waals surface area contributed by atoms with Crippen LogP contribution in [-0.2, 0) is 0 Å². The van der Waals surface area contributed by atoms with Crippen molar-refractivity contribution in [3.05, 3.63) is 36.1 Å². The molecule has 2 rings (SSSR count). The minimum atomic E-state index is -4.69. The van der Waals surface area contributed by atoms with Crippen molar-refractivity contribution in [1.29, 1.82) is 0 Å². The lowest BCUT2D eigenvalue weighted by Gasteiger charge is -2.11. The first-order valence-electron chi connectivity index (χ1n) is 4.62. The number of anilines is 1. The predicted octanol–water partition coefficient (Wildman–Crippen LogP) is 3.62. The average molecular weight is 245 g/mol. The lowest BCUT2D eigenvalue weighted by atomic mass is 10.1. The molecule has 0 radical (unpaired) electrons. The molecule has 0 saturated carbocycles. The highest BCUT2D eigenvalue weighted by Crippen LogP contribution is 2.28. The van der Waals surface area contributed by atoms with Crippen molar-refractivity contribution < 1.29 is 22.7 Å². The number of rotatable bonds is 1. The van der Waals surface area contributed by atoms with Crippen molar-refractivity contribution >= 4 is 16.5 Å². The summed E-state index contributed by atoms with van der Waals surface area (Å²) in [5, 5.41) is 11.0. The zero-order valence-electron chi connectivity index (χ0n) is 8.35. The van der Waals surface area contributed by atoms with E-state index < -0.39 is 17.8 Å². The number of alkyl halides is 3. The topological polar surface area (TPSA) is 32.3 Å². The van der Waals surface area contributed by atoms with Gasteiger partial charge >= 0.3 is 6.30 Å². The van der Waals surface area contributed by atoms with Crippen molar-refractivity contribution in [2.75, 3.05) is 5.32 Å². The van der Waals surface area contributed by atoms with Crippen LogP contribution in [0.2, 0.25) is 0 Å². The highest BCUT2D eigenvalue weighted by Gasteiger charge is 2.28. The molecule has 0 spiro atoms. The maximum absolute atomic E-state index is 13.3. The molecule has 0 amide bonds. The second kappa shape index (κ2) is 3.80. The molecule has 0 heterocycles. The van der Waals surface area contributed by atoms with Crippen LogP contribution in [0.4, 0.5) is 23.2 Å². The number of hydrogen-bond donors (Lipinski definition) is 2. The first kappa shape index (κ1) is 11.5. The first-order valence-corrected chi connectivity index (χ1v) is 4.62. The van der Waals surface area contributed by atoms with Crippen molar-refractivity contribution in [1.82, 2.24) is 0 Å². The van der Waals surface area contributed by atoms with Crippen molar-refractivity contribution in [3.63, 3.8) is 0 Å². The summed E-state index contributed by atoms with van der Waals surface area (Å²) in [5.74, 6) is -1.10. The van der Waals surface area contributed by atoms with Crippen LogP contribution in [0.3, 0.4) is 0 Å². The zero-order chi connectivity index (χ0) is 12.6. The predicted molar refractivity (Wildman–Crippen MR) is 55.2 cm³/mol. The number of phenols is 1. The standard InChI is InChI=1S/C11H7F4NO/c12-9-4-7-3-8(17)2-1-6(7)5-10(9)16-11(13,14)15/h1-5,16-17H. The maximum atomic E-state index is 13.3. The quantitative estimate of drug-likeness (QED) is 0.594. The molecule has 2 nitrogen and oxygen atoms in total. The van der Waals surface area contributed by atoms with E-state index in [4.69, 9.17) is 5.11 Å². The van der Waals surface area contributed by atoms with Crippen LogP contribution >= 0.6 is 0 Å². The molecule has 0 unspecified atom stereocenters. The summed E-state index contributed by atoms with van der Waals surface area (Å²) in [6, 6.07) is 5.97. The highest BCUT2D eigenvalue weighted by molar-refractivity contribution is 5.87. The molecule has 0 saturated heterocycles. The Balaban J connectivity index is 2.52. The number of benzene rings is 2. The molecule has 0 atom stereocenters. The molecule has 2 N–H and O–H groups in total. The fraction of sp³-hybridized carbons (Fsp3) is 0.0909. The largest absolute Gasteiger partial charge is 0.508 e. The summed E-state index contributed by atoms with van der Waals surface area (Å²) in [7, 11) is 0. The molecule has 17 heavy (non-hydrogen) atoms. The van der Waals surface area contributed by atoms with E-state index in [1.165, 1.54) is 18.2 Å². The maximum Gasteiger partial charge on any atom is 0.482 e. The van der Waals surface area contributed by atoms with Gasteiger partial charge in [0.25, 0.3) is 0 Å². The molecule has 90 valence electrons. The van der Waals surface area contributed by atoms with Crippen LogP contribution in [0, 0.1) is 5.82 Å². The smallest absolute Gasteiger partial charge is 0.482 e. The number of aromatic hydroxyl groups is 1. The van der Waals surface area contributed by atoms with E-state index >= 15 is 0 Å². The Labute approximate surface area is 93.5 Å². The summed E-state index contributed by atoms with van der Waals surface area (Å²) >= 11 is 0. The Hall–Kier alpha value is -1.98. The van der Waals surface area contributed by atoms with E-state index in [1.54, 1.807) is 0 Å². The minimum Gasteiger partial charge on any atom is -0.508 e. The number of hydrogen-bond acceptors (Lipinski definition) is 2. The monoisotopic (exact) mass is 245 g/mol. The Bertz CT molecular complexity index is 565. The molecular formula is C11H7F4NO. The van der Waals surface area contributed by atoms with Gasteiger partial charge in [-0.2, -0.15) is 13.2 Å². The van der Waals surface area contributed by atoms with Crippen molar-refractivity contribution in [3.8, 4) is 5.75 Å². The SMILES string of the molecule is Oc1ccc2cc(NC(F)(F)F)c(F)cc2c1. The Kier molecular flexibility index (Phi) is 2.57. The molecular weight excluding hydrogens is 238 g/mol. The number of nitrogens with one attached hydrogen (secondary N) is 1. The number of fused-ring (bicyclic) bond motifs is 1. The molecule has 0 aliphatic carbocycles. The fourth-order valence-corrected chi connectivity index (χ4v) is 1.51. The van der Waals surface area contributed by atoms with E-state index in [1.807, 2.05) is 0 Å². The number of phenolic OH excluding ortho intramolecular Hbond substituents is 1. The normalized spacial score (nSPS) is 11.8. The van der Waals surface area contributed by atoms with Crippen LogP contribution in [0.15, 0.2) is 30.3 Å². The molecule has 2 aromatic carbocycles. The molecule has 0 aliphatic rings. The van der Waals surface area contributed by atoms with Gasteiger partial charge in [0.15, 0.2) is 0 Å². The number of halogens is 4. The van der Waals surface area contributed by atoms with Gasteiger partial charge in [-0.25, -0.2) is 4.39 Å². The van der Waals surface area contributed by atoms with Gasteiger partial charge in [0.2, 0.25) is 0 Å². The van der Waals surface area contributed by atoms with Gasteiger partial charge in [-0.3, -0.25) is 5.32 Å².